The maximum atomic E-state index is 11.4. The van der Waals surface area contributed by atoms with Crippen LogP contribution in [-0.2, 0) is 4.79 Å². The van der Waals surface area contributed by atoms with Gasteiger partial charge in [0.25, 0.3) is 0 Å². The number of hydrogen-bond donors (Lipinski definition) is 3. The normalized spacial score (nSPS) is 60.5. The fraction of sp³-hybridized carbons (Fsp3) is 0.958. The zero-order chi connectivity index (χ0) is 24.8. The van der Waals surface area contributed by atoms with Crippen LogP contribution in [0.15, 0.2) is 0 Å². The molecule has 3 N–H and O–H groups in total. The topological polar surface area (TPSA) is 77.8 Å². The molecule has 4 heteroatoms. The lowest BCUT2D eigenvalue weighted by atomic mass is 9.43. The Balaban J connectivity index is 1.66. The van der Waals surface area contributed by atoms with Gasteiger partial charge in [-0.05, 0) is 104 Å². The molecule has 0 aromatic carbocycles. The van der Waals surface area contributed by atoms with Gasteiger partial charge in [0.05, 0.1) is 13.6 Å². The molecule has 4 saturated carbocycles. The Morgan fingerprint density at radius 3 is 2.61 bits per heavy atom. The Labute approximate surface area is 177 Å². The van der Waals surface area contributed by atoms with Crippen LogP contribution < -0.4 is 0 Å². The van der Waals surface area contributed by atoms with Gasteiger partial charge in [-0.3, -0.25) is 4.79 Å². The second-order valence-electron chi connectivity index (χ2n) is 10.6. The number of carboxylic acids is 1. The van der Waals surface area contributed by atoms with Gasteiger partial charge in [-0.15, -0.1) is 0 Å². The predicted octanol–water partition coefficient (Wildman–Crippen LogP) is 4.48. The van der Waals surface area contributed by atoms with E-state index in [1.54, 1.807) is 0 Å². The summed E-state index contributed by atoms with van der Waals surface area (Å²) < 4.78 is 42.3. The van der Waals surface area contributed by atoms with Gasteiger partial charge in [0.15, 0.2) is 0 Å². The molecule has 0 aromatic heterocycles. The summed E-state index contributed by atoms with van der Waals surface area (Å²) in [6, 6.07) is 0. The summed E-state index contributed by atoms with van der Waals surface area (Å²) in [6.45, 7) is 6.35. The van der Waals surface area contributed by atoms with Crippen molar-refractivity contribution in [1.82, 2.24) is 0 Å². The monoisotopic (exact) mass is 397 g/mol. The van der Waals surface area contributed by atoms with Crippen molar-refractivity contribution in [3.63, 3.8) is 0 Å². The van der Waals surface area contributed by atoms with E-state index in [1.165, 1.54) is 0 Å². The fourth-order valence-corrected chi connectivity index (χ4v) is 7.92. The lowest BCUT2D eigenvalue weighted by Crippen LogP contribution is -2.58. The Morgan fingerprint density at radius 2 is 1.89 bits per heavy atom. The van der Waals surface area contributed by atoms with E-state index in [-0.39, 0.29) is 48.3 Å². The van der Waals surface area contributed by atoms with Crippen LogP contribution in [0.4, 0.5) is 0 Å². The third kappa shape index (κ3) is 3.14. The number of carboxylic acid groups (broad SMARTS) is 1. The molecule has 0 aromatic rings. The molecule has 0 unspecified atom stereocenters. The molecule has 0 radical (unpaired) electrons. The lowest BCUT2D eigenvalue weighted by molar-refractivity contribution is -0.174. The molecule has 10 atom stereocenters. The van der Waals surface area contributed by atoms with Gasteiger partial charge in [-0.1, -0.05) is 20.8 Å². The highest BCUT2D eigenvalue weighted by molar-refractivity contribution is 5.66. The summed E-state index contributed by atoms with van der Waals surface area (Å²) >= 11 is 0. The van der Waals surface area contributed by atoms with Crippen LogP contribution >= 0.6 is 0 Å². The van der Waals surface area contributed by atoms with Crippen molar-refractivity contribution in [2.24, 2.45) is 46.3 Å². The average molecular weight is 398 g/mol. The van der Waals surface area contributed by atoms with Gasteiger partial charge in [-0.2, -0.15) is 0 Å². The average Bonchev–Trinajstić information content (AvgIpc) is 3.04. The van der Waals surface area contributed by atoms with Crippen LogP contribution in [0.25, 0.3) is 0 Å². The minimum atomic E-state index is -2.86. The van der Waals surface area contributed by atoms with E-state index >= 15 is 0 Å². The van der Waals surface area contributed by atoms with E-state index in [1.807, 2.05) is 6.92 Å². The Bertz CT molecular complexity index is 804. The molecule has 0 bridgehead atoms. The molecule has 160 valence electrons. The van der Waals surface area contributed by atoms with Crippen LogP contribution in [-0.4, -0.2) is 33.5 Å². The maximum Gasteiger partial charge on any atom is 0.303 e. The first-order chi connectivity index (χ1) is 15.0. The van der Waals surface area contributed by atoms with Gasteiger partial charge in [-0.25, -0.2) is 0 Å². The van der Waals surface area contributed by atoms with E-state index < -0.39 is 42.2 Å². The minimum Gasteiger partial charge on any atom is -0.481 e. The number of fused-ring (bicyclic) bond motifs is 5. The van der Waals surface area contributed by atoms with Crippen molar-refractivity contribution in [1.29, 1.82) is 0 Å². The zero-order valence-electron chi connectivity index (χ0n) is 22.4. The van der Waals surface area contributed by atoms with Gasteiger partial charge >= 0.3 is 5.97 Å². The van der Waals surface area contributed by atoms with Crippen LogP contribution in [0.2, 0.25) is 0 Å². The van der Waals surface area contributed by atoms with Crippen molar-refractivity contribution in [3.05, 3.63) is 0 Å². The number of hydrogen-bond acceptors (Lipinski definition) is 3. The summed E-state index contributed by atoms with van der Waals surface area (Å²) in [6.07, 6.45) is -4.04. The molecule has 4 aliphatic rings. The Morgan fingerprint density at radius 1 is 1.18 bits per heavy atom. The fourth-order valence-electron chi connectivity index (χ4n) is 7.92. The number of aliphatic hydroxyl groups excluding tert-OH is 1. The summed E-state index contributed by atoms with van der Waals surface area (Å²) in [4.78, 5) is 11.1. The molecular weight excluding hydrogens is 352 g/mol. The van der Waals surface area contributed by atoms with E-state index in [0.717, 1.165) is 25.7 Å². The molecule has 0 aliphatic heterocycles. The minimum absolute atomic E-state index is 0.0217. The van der Waals surface area contributed by atoms with E-state index in [2.05, 4.69) is 13.8 Å². The SMILES string of the molecule is [2H]C1([2H])C[C@@]2(C)[C@H](C[C@H](O)[C@@H]3[C@@H]2CC[C@]2(C)[C@@H]([C@H](C)CCC(=O)O)CC[C@@H]32)C([2H])([2H])[C@@]1([2H])O. The second-order valence-corrected chi connectivity index (χ2v) is 10.6. The zero-order valence-corrected chi connectivity index (χ0v) is 17.4. The third-order valence-electron chi connectivity index (χ3n) is 9.42. The number of aliphatic carboxylic acids is 1. The maximum absolute atomic E-state index is 11.4. The van der Waals surface area contributed by atoms with Crippen LogP contribution in [0.1, 0.15) is 91.7 Å². The first-order valence-electron chi connectivity index (χ1n) is 13.6. The van der Waals surface area contributed by atoms with Crippen LogP contribution in [0.3, 0.4) is 0 Å². The van der Waals surface area contributed by atoms with Gasteiger partial charge in [0.1, 0.15) is 0 Å². The molecule has 4 nitrogen and oxygen atoms in total. The van der Waals surface area contributed by atoms with E-state index in [9.17, 15) is 15.0 Å². The summed E-state index contributed by atoms with van der Waals surface area (Å²) in [7, 11) is 0. The van der Waals surface area contributed by atoms with Crippen molar-refractivity contribution in [3.8, 4) is 0 Å². The van der Waals surface area contributed by atoms with Crippen molar-refractivity contribution in [2.45, 2.75) is 97.1 Å². The van der Waals surface area contributed by atoms with Crippen molar-refractivity contribution >= 4 is 5.97 Å². The molecule has 4 fully saturated rings. The largest absolute Gasteiger partial charge is 0.481 e. The first-order valence-corrected chi connectivity index (χ1v) is 11.1. The lowest BCUT2D eigenvalue weighted by Gasteiger charge is -2.62. The second kappa shape index (κ2) is 7.27. The highest BCUT2D eigenvalue weighted by Gasteiger charge is 2.62. The summed E-state index contributed by atoms with van der Waals surface area (Å²) in [5.74, 6) is -0.819. The Hall–Kier alpha value is -0.610. The number of carbonyl (C=O) groups is 1. The molecule has 0 spiro atoms. The van der Waals surface area contributed by atoms with Gasteiger partial charge in [0, 0.05) is 11.9 Å². The highest BCUT2D eigenvalue weighted by atomic mass is 16.4. The van der Waals surface area contributed by atoms with Gasteiger partial charge in [0.2, 0.25) is 0 Å². The highest BCUT2D eigenvalue weighted by Crippen LogP contribution is 2.68. The quantitative estimate of drug-likeness (QED) is 0.654. The standard InChI is InChI=1S/C24H40O4/c1-14(4-7-21(27)28)17-5-6-18-22-19(9-11-24(17,18)3)23(2)10-8-16(25)12-15(23)13-20(22)26/h14-20,22,25-26H,4-13H2,1-3H3,(H,27,28)/t14-,15+,16+,17-,18+,19+,20+,22+,23+,24-/m1/s1/i8D2,12D2,16D. The smallest absolute Gasteiger partial charge is 0.303 e. The van der Waals surface area contributed by atoms with Crippen molar-refractivity contribution < 1.29 is 27.0 Å². The molecular formula is C24H40O4. The van der Waals surface area contributed by atoms with Crippen molar-refractivity contribution in [2.75, 3.05) is 0 Å². The van der Waals surface area contributed by atoms with E-state index in [0.29, 0.717) is 12.3 Å². The van der Waals surface area contributed by atoms with Gasteiger partial charge < -0.3 is 15.3 Å². The molecule has 0 amide bonds. The molecule has 4 rings (SSSR count). The van der Waals surface area contributed by atoms with Crippen LogP contribution in [0.5, 0.6) is 0 Å². The number of aliphatic hydroxyl groups is 2. The van der Waals surface area contributed by atoms with E-state index in [4.69, 9.17) is 12.0 Å². The summed E-state index contributed by atoms with van der Waals surface area (Å²) in [5.41, 5.74) is -0.773. The Kier molecular flexibility index (Phi) is 3.95. The summed E-state index contributed by atoms with van der Waals surface area (Å²) in [5, 5.41) is 31.1. The first kappa shape index (κ1) is 15.2. The third-order valence-corrected chi connectivity index (χ3v) is 9.42. The molecule has 4 aliphatic carbocycles. The molecule has 28 heavy (non-hydrogen) atoms. The molecule has 0 saturated heterocycles. The molecule has 0 heterocycles. The predicted molar refractivity (Wildman–Crippen MR) is 109 cm³/mol. The van der Waals surface area contributed by atoms with Crippen LogP contribution in [0, 0.1) is 46.3 Å². The number of rotatable bonds is 4.